The number of fused-ring (bicyclic) bond motifs is 1. The highest BCUT2D eigenvalue weighted by Crippen LogP contribution is 2.32. The van der Waals surface area contributed by atoms with E-state index in [2.05, 4.69) is 41.1 Å². The van der Waals surface area contributed by atoms with Gasteiger partial charge in [0, 0.05) is 19.1 Å². The van der Waals surface area contributed by atoms with Crippen molar-refractivity contribution >= 4 is 27.4 Å². The molecule has 1 fully saturated rings. The van der Waals surface area contributed by atoms with Gasteiger partial charge in [-0.15, -0.1) is 21.5 Å². The van der Waals surface area contributed by atoms with Gasteiger partial charge in [0.15, 0.2) is 0 Å². The van der Waals surface area contributed by atoms with Crippen LogP contribution in [0.25, 0.3) is 10.2 Å². The summed E-state index contributed by atoms with van der Waals surface area (Å²) in [6, 6.07) is 2.57. The van der Waals surface area contributed by atoms with Gasteiger partial charge in [0.2, 0.25) is 0 Å². The van der Waals surface area contributed by atoms with Crippen molar-refractivity contribution < 1.29 is 0 Å². The highest BCUT2D eigenvalue weighted by Gasteiger charge is 2.23. The average molecular weight is 300 g/mol. The van der Waals surface area contributed by atoms with Crippen LogP contribution in [0.2, 0.25) is 0 Å². The largest absolute Gasteiger partial charge is 0.355 e. The van der Waals surface area contributed by atoms with E-state index in [4.69, 9.17) is 0 Å². The van der Waals surface area contributed by atoms with Gasteiger partial charge >= 0.3 is 0 Å². The molecule has 7 heteroatoms. The van der Waals surface area contributed by atoms with Crippen LogP contribution in [0.3, 0.4) is 0 Å². The summed E-state index contributed by atoms with van der Waals surface area (Å²) in [4.78, 5) is 11.6. The molecule has 1 saturated heterocycles. The predicted octanol–water partition coefficient (Wildman–Crippen LogP) is 2.43. The van der Waals surface area contributed by atoms with Crippen LogP contribution in [-0.2, 0) is 0 Å². The summed E-state index contributed by atoms with van der Waals surface area (Å²) in [6.45, 7) is 3.98. The summed E-state index contributed by atoms with van der Waals surface area (Å²) in [7, 11) is 0. The molecule has 0 bridgehead atoms. The van der Waals surface area contributed by atoms with E-state index in [1.807, 2.05) is 19.6 Å². The highest BCUT2D eigenvalue weighted by atomic mass is 32.1. The lowest BCUT2D eigenvalue weighted by Crippen LogP contribution is -2.35. The number of aryl methyl sites for hydroxylation is 1. The Morgan fingerprint density at radius 1 is 1.14 bits per heavy atom. The summed E-state index contributed by atoms with van der Waals surface area (Å²) in [5, 5.41) is 9.89. The van der Waals surface area contributed by atoms with Gasteiger partial charge < -0.3 is 9.47 Å². The van der Waals surface area contributed by atoms with Crippen molar-refractivity contribution in [3.8, 4) is 0 Å². The van der Waals surface area contributed by atoms with Gasteiger partial charge in [-0.25, -0.2) is 9.97 Å². The molecule has 108 valence electrons. The Morgan fingerprint density at radius 2 is 1.90 bits per heavy atom. The molecule has 4 heterocycles. The standard InChI is InChI=1S/C14H16N6S/c1-10-17-12-4-7-21-13(12)14(18-10)19-5-2-11(3-6-19)20-8-15-16-9-20/h4,7-9,11H,2-3,5-6H2,1H3. The lowest BCUT2D eigenvalue weighted by Gasteiger charge is -2.33. The van der Waals surface area contributed by atoms with Crippen molar-refractivity contribution in [3.05, 3.63) is 29.9 Å². The highest BCUT2D eigenvalue weighted by molar-refractivity contribution is 7.17. The summed E-state index contributed by atoms with van der Waals surface area (Å²) in [6.07, 6.45) is 5.81. The number of piperidine rings is 1. The summed E-state index contributed by atoms with van der Waals surface area (Å²) in [5.74, 6) is 1.94. The first-order valence-corrected chi connectivity index (χ1v) is 8.00. The van der Waals surface area contributed by atoms with Crippen LogP contribution < -0.4 is 4.90 Å². The van der Waals surface area contributed by atoms with Crippen LogP contribution in [0.1, 0.15) is 24.7 Å². The van der Waals surface area contributed by atoms with Gasteiger partial charge in [-0.1, -0.05) is 0 Å². The predicted molar refractivity (Wildman–Crippen MR) is 82.7 cm³/mol. The first kappa shape index (κ1) is 12.7. The van der Waals surface area contributed by atoms with Gasteiger partial charge in [-0.2, -0.15) is 0 Å². The quantitative estimate of drug-likeness (QED) is 0.727. The van der Waals surface area contributed by atoms with Crippen molar-refractivity contribution in [1.29, 1.82) is 0 Å². The van der Waals surface area contributed by atoms with E-state index in [1.54, 1.807) is 11.3 Å². The zero-order chi connectivity index (χ0) is 14.2. The Bertz CT molecular complexity index is 742. The molecular weight excluding hydrogens is 284 g/mol. The smallest absolute Gasteiger partial charge is 0.150 e. The molecule has 4 rings (SSSR count). The minimum absolute atomic E-state index is 0.498. The molecule has 0 atom stereocenters. The topological polar surface area (TPSA) is 59.7 Å². The molecule has 3 aromatic heterocycles. The summed E-state index contributed by atoms with van der Waals surface area (Å²) in [5.41, 5.74) is 1.06. The molecule has 0 radical (unpaired) electrons. The van der Waals surface area contributed by atoms with Crippen molar-refractivity contribution in [2.24, 2.45) is 0 Å². The molecule has 0 unspecified atom stereocenters. The molecule has 0 N–H and O–H groups in total. The van der Waals surface area contributed by atoms with Crippen LogP contribution in [0.15, 0.2) is 24.1 Å². The number of nitrogens with zero attached hydrogens (tertiary/aromatic N) is 6. The van der Waals surface area contributed by atoms with Crippen LogP contribution in [0, 0.1) is 6.92 Å². The fourth-order valence-electron chi connectivity index (χ4n) is 2.95. The minimum Gasteiger partial charge on any atom is -0.355 e. The first-order chi connectivity index (χ1) is 10.3. The third-order valence-electron chi connectivity index (χ3n) is 4.02. The van der Waals surface area contributed by atoms with Crippen LogP contribution in [-0.4, -0.2) is 37.8 Å². The lowest BCUT2D eigenvalue weighted by molar-refractivity contribution is 0.394. The summed E-state index contributed by atoms with van der Waals surface area (Å²) >= 11 is 1.72. The van der Waals surface area contributed by atoms with Gasteiger partial charge in [-0.3, -0.25) is 0 Å². The molecule has 21 heavy (non-hydrogen) atoms. The lowest BCUT2D eigenvalue weighted by atomic mass is 10.1. The minimum atomic E-state index is 0.498. The molecule has 0 amide bonds. The van der Waals surface area contributed by atoms with Crippen LogP contribution >= 0.6 is 11.3 Å². The Balaban J connectivity index is 1.59. The summed E-state index contributed by atoms with van der Waals surface area (Å²) < 4.78 is 3.31. The van der Waals surface area contributed by atoms with Crippen LogP contribution in [0.5, 0.6) is 0 Å². The van der Waals surface area contributed by atoms with Crippen molar-refractivity contribution in [2.75, 3.05) is 18.0 Å². The molecule has 0 aromatic carbocycles. The first-order valence-electron chi connectivity index (χ1n) is 7.12. The molecule has 0 saturated carbocycles. The third kappa shape index (κ3) is 2.27. The number of hydrogen-bond acceptors (Lipinski definition) is 6. The number of hydrogen-bond donors (Lipinski definition) is 0. The van der Waals surface area contributed by atoms with E-state index in [9.17, 15) is 0 Å². The maximum absolute atomic E-state index is 4.68. The zero-order valence-electron chi connectivity index (χ0n) is 11.8. The Hall–Kier alpha value is -2.02. The van der Waals surface area contributed by atoms with E-state index in [1.165, 1.54) is 4.70 Å². The molecular formula is C14H16N6S. The SMILES string of the molecule is Cc1nc(N2CCC(n3cnnc3)CC2)c2sccc2n1. The van der Waals surface area contributed by atoms with E-state index in [0.29, 0.717) is 6.04 Å². The van der Waals surface area contributed by atoms with E-state index in [-0.39, 0.29) is 0 Å². The molecule has 1 aliphatic heterocycles. The Kier molecular flexibility index (Phi) is 3.07. The molecule has 3 aromatic rings. The number of aromatic nitrogens is 5. The second-order valence-corrected chi connectivity index (χ2v) is 6.27. The normalized spacial score (nSPS) is 16.7. The second kappa shape index (κ2) is 5.07. The molecule has 6 nitrogen and oxygen atoms in total. The number of thiophene rings is 1. The van der Waals surface area contributed by atoms with Gasteiger partial charge in [0.05, 0.1) is 10.2 Å². The maximum Gasteiger partial charge on any atom is 0.150 e. The monoisotopic (exact) mass is 300 g/mol. The Morgan fingerprint density at radius 3 is 2.67 bits per heavy atom. The fourth-order valence-corrected chi connectivity index (χ4v) is 3.80. The van der Waals surface area contributed by atoms with Crippen molar-refractivity contribution in [3.63, 3.8) is 0 Å². The second-order valence-electron chi connectivity index (χ2n) is 5.36. The van der Waals surface area contributed by atoms with E-state index < -0.39 is 0 Å². The van der Waals surface area contributed by atoms with E-state index in [0.717, 1.165) is 43.1 Å². The van der Waals surface area contributed by atoms with Crippen molar-refractivity contribution in [2.45, 2.75) is 25.8 Å². The van der Waals surface area contributed by atoms with Crippen molar-refractivity contribution in [1.82, 2.24) is 24.7 Å². The average Bonchev–Trinajstić information content (AvgIpc) is 3.17. The molecule has 0 aliphatic carbocycles. The van der Waals surface area contributed by atoms with Gasteiger partial charge in [0.1, 0.15) is 24.3 Å². The maximum atomic E-state index is 4.68. The Labute approximate surface area is 126 Å². The molecule has 0 spiro atoms. The van der Waals surface area contributed by atoms with Crippen LogP contribution in [0.4, 0.5) is 5.82 Å². The molecule has 1 aliphatic rings. The third-order valence-corrected chi connectivity index (χ3v) is 4.92. The van der Waals surface area contributed by atoms with E-state index >= 15 is 0 Å². The van der Waals surface area contributed by atoms with Gasteiger partial charge in [-0.05, 0) is 31.2 Å². The number of rotatable bonds is 2. The number of anilines is 1. The zero-order valence-corrected chi connectivity index (χ0v) is 12.6. The van der Waals surface area contributed by atoms with Gasteiger partial charge in [0.25, 0.3) is 0 Å². The fraction of sp³-hybridized carbons (Fsp3) is 0.429.